The lowest BCUT2D eigenvalue weighted by Crippen LogP contribution is -2.34. The van der Waals surface area contributed by atoms with Crippen molar-refractivity contribution in [2.24, 2.45) is 0 Å². The van der Waals surface area contributed by atoms with Gasteiger partial charge in [0.2, 0.25) is 5.91 Å². The molecule has 2 fully saturated rings. The molecule has 2 aliphatic rings. The summed E-state index contributed by atoms with van der Waals surface area (Å²) >= 11 is 0. The number of ether oxygens (including phenoxy) is 4. The van der Waals surface area contributed by atoms with Gasteiger partial charge >= 0.3 is 13.8 Å². The van der Waals surface area contributed by atoms with Crippen LogP contribution in [0, 0.1) is 0 Å². The molecule has 44 heavy (non-hydrogen) atoms. The third-order valence-corrected chi connectivity index (χ3v) is 8.31. The lowest BCUT2D eigenvalue weighted by Gasteiger charge is -2.26. The van der Waals surface area contributed by atoms with Crippen LogP contribution in [-0.4, -0.2) is 81.0 Å². The second kappa shape index (κ2) is 14.0. The zero-order chi connectivity index (χ0) is 32.1. The van der Waals surface area contributed by atoms with Gasteiger partial charge in [0.05, 0.1) is 19.5 Å². The first kappa shape index (κ1) is 34.0. The van der Waals surface area contributed by atoms with Crippen LogP contribution >= 0.6 is 7.75 Å². The van der Waals surface area contributed by atoms with E-state index in [0.717, 1.165) is 19.3 Å². The molecular formula is C27H44N7O9P. The zero-order valence-corrected chi connectivity index (χ0v) is 27.0. The second-order valence-corrected chi connectivity index (χ2v) is 13.8. The van der Waals surface area contributed by atoms with Crippen molar-refractivity contribution >= 4 is 36.7 Å². The number of unbranched alkanes of at least 4 members (excludes halogenated alkanes) is 3. The number of nitrogens with one attached hydrogen (secondary N) is 2. The van der Waals surface area contributed by atoms with Gasteiger partial charge in [-0.05, 0) is 47.5 Å². The first-order valence-electron chi connectivity index (χ1n) is 14.8. The first-order chi connectivity index (χ1) is 20.7. The number of hydrogen-bond acceptors (Lipinski definition) is 13. The normalized spacial score (nSPS) is 24.1. The molecule has 2 aromatic heterocycles. The van der Waals surface area contributed by atoms with E-state index in [1.807, 2.05) is 0 Å². The standard InChI is InChI=1S/C27H44N7O9P/c1-7-18(35)33-44(37,38-13-11-9-8-10-12-29-25(36)43-26(2,3)4)39-14-17-20-21(42-27(5,6)41-20)24(40-17)34-16-32-19-22(28)30-15-31-23(19)34/h15-17,20-21,24H,7-14H2,1-6H3,(H,29,36)(H2,28,30,31)(H,33,35,37)/t17-,20-,21-,24-,44?/m1/s1. The maximum atomic E-state index is 13.6. The Kier molecular flexibility index (Phi) is 10.9. The van der Waals surface area contributed by atoms with Crippen LogP contribution in [0.2, 0.25) is 0 Å². The Morgan fingerprint density at radius 2 is 1.82 bits per heavy atom. The van der Waals surface area contributed by atoms with Crippen LogP contribution in [-0.2, 0) is 37.4 Å². The lowest BCUT2D eigenvalue weighted by atomic mass is 10.1. The van der Waals surface area contributed by atoms with Crippen LogP contribution in [0.3, 0.4) is 0 Å². The summed E-state index contributed by atoms with van der Waals surface area (Å²) in [6, 6.07) is 0. The maximum absolute atomic E-state index is 13.6. The topological polar surface area (TPSA) is 200 Å². The van der Waals surface area contributed by atoms with Gasteiger partial charge in [-0.15, -0.1) is 0 Å². The quantitative estimate of drug-likeness (QED) is 0.200. The number of anilines is 1. The van der Waals surface area contributed by atoms with E-state index in [4.69, 9.17) is 33.7 Å². The van der Waals surface area contributed by atoms with E-state index in [2.05, 4.69) is 25.4 Å². The summed E-state index contributed by atoms with van der Waals surface area (Å²) in [4.78, 5) is 36.5. The number of nitrogen functional groups attached to an aromatic ring is 1. The van der Waals surface area contributed by atoms with Gasteiger partial charge in [-0.1, -0.05) is 19.8 Å². The van der Waals surface area contributed by atoms with Crippen LogP contribution in [0.1, 0.15) is 79.9 Å². The summed E-state index contributed by atoms with van der Waals surface area (Å²) < 4.78 is 50.4. The fourth-order valence-corrected chi connectivity index (χ4v) is 6.23. The number of nitrogens with two attached hydrogens (primary N) is 1. The molecule has 2 aromatic rings. The van der Waals surface area contributed by atoms with Gasteiger partial charge < -0.3 is 30.0 Å². The summed E-state index contributed by atoms with van der Waals surface area (Å²) in [5, 5.41) is 5.11. The van der Waals surface area contributed by atoms with Crippen molar-refractivity contribution in [1.29, 1.82) is 0 Å². The molecule has 0 saturated carbocycles. The summed E-state index contributed by atoms with van der Waals surface area (Å²) in [6.45, 7) is 11.0. The molecular weight excluding hydrogens is 597 g/mol. The number of alkyl carbamates (subject to hydrolysis) is 1. The first-order valence-corrected chi connectivity index (χ1v) is 16.4. The molecule has 16 nitrogen and oxygen atoms in total. The highest BCUT2D eigenvalue weighted by Crippen LogP contribution is 2.48. The monoisotopic (exact) mass is 641 g/mol. The highest BCUT2D eigenvalue weighted by atomic mass is 31.2. The Hall–Kier alpha value is -2.88. The molecule has 17 heteroatoms. The van der Waals surface area contributed by atoms with E-state index in [9.17, 15) is 14.2 Å². The van der Waals surface area contributed by atoms with Gasteiger partial charge in [0, 0.05) is 13.0 Å². The SMILES string of the molecule is CCC(=O)NP(=O)(OCCCCCCNC(=O)OC(C)(C)C)OC[C@H]1O[C@@H](n2cnc3c(N)ncnc32)[C@@H]2OC(C)(C)O[C@@H]21. The molecule has 2 amide bonds. The van der Waals surface area contributed by atoms with Crippen molar-refractivity contribution in [3.8, 4) is 0 Å². The predicted molar refractivity (Wildman–Crippen MR) is 158 cm³/mol. The van der Waals surface area contributed by atoms with Crippen molar-refractivity contribution in [3.63, 3.8) is 0 Å². The fourth-order valence-electron chi connectivity index (χ4n) is 4.85. The molecule has 0 aliphatic carbocycles. The number of imidazole rings is 1. The number of aromatic nitrogens is 4. The molecule has 4 heterocycles. The Labute approximate surface area is 256 Å². The van der Waals surface area contributed by atoms with Crippen molar-refractivity contribution in [2.75, 3.05) is 25.5 Å². The van der Waals surface area contributed by atoms with Gasteiger partial charge in [-0.25, -0.2) is 24.3 Å². The number of fused-ring (bicyclic) bond motifs is 2. The van der Waals surface area contributed by atoms with Crippen molar-refractivity contribution in [2.45, 2.75) is 110 Å². The number of nitrogens with zero attached hydrogens (tertiary/aromatic N) is 4. The fraction of sp³-hybridized carbons (Fsp3) is 0.741. The summed E-state index contributed by atoms with van der Waals surface area (Å²) in [6.07, 6.45) is 2.80. The Morgan fingerprint density at radius 1 is 1.09 bits per heavy atom. The predicted octanol–water partition coefficient (Wildman–Crippen LogP) is 3.58. The average Bonchev–Trinajstić information content (AvgIpc) is 3.59. The molecule has 2 saturated heterocycles. The Balaban J connectivity index is 1.32. The minimum Gasteiger partial charge on any atom is -0.444 e. The van der Waals surface area contributed by atoms with Crippen LogP contribution in [0.4, 0.5) is 10.6 Å². The van der Waals surface area contributed by atoms with Crippen LogP contribution < -0.4 is 16.1 Å². The van der Waals surface area contributed by atoms with Crippen LogP contribution in [0.15, 0.2) is 12.7 Å². The van der Waals surface area contributed by atoms with Crippen LogP contribution in [0.5, 0.6) is 0 Å². The third-order valence-electron chi connectivity index (χ3n) is 6.78. The molecule has 0 spiro atoms. The van der Waals surface area contributed by atoms with Gasteiger partial charge in [0.1, 0.15) is 35.8 Å². The molecule has 1 unspecified atom stereocenters. The lowest BCUT2D eigenvalue weighted by molar-refractivity contribution is -0.199. The summed E-state index contributed by atoms with van der Waals surface area (Å²) in [7, 11) is -4.04. The molecule has 246 valence electrons. The second-order valence-electron chi connectivity index (χ2n) is 12.1. The molecule has 4 N–H and O–H groups in total. The highest BCUT2D eigenvalue weighted by Gasteiger charge is 2.56. The Bertz CT molecular complexity index is 1350. The van der Waals surface area contributed by atoms with E-state index < -0.39 is 55.7 Å². The van der Waals surface area contributed by atoms with E-state index in [1.54, 1.807) is 52.4 Å². The number of carbonyl (C=O) groups excluding carboxylic acids is 2. The minimum absolute atomic E-state index is 0.0930. The van der Waals surface area contributed by atoms with Crippen LogP contribution in [0.25, 0.3) is 11.2 Å². The molecule has 0 radical (unpaired) electrons. The Morgan fingerprint density at radius 3 is 2.55 bits per heavy atom. The van der Waals surface area contributed by atoms with Gasteiger partial charge in [-0.2, -0.15) is 0 Å². The largest absolute Gasteiger partial charge is 0.444 e. The average molecular weight is 642 g/mol. The molecule has 0 bridgehead atoms. The highest BCUT2D eigenvalue weighted by molar-refractivity contribution is 7.52. The van der Waals surface area contributed by atoms with Gasteiger partial charge in [-0.3, -0.25) is 23.5 Å². The number of amides is 2. The van der Waals surface area contributed by atoms with Gasteiger partial charge in [0.25, 0.3) is 0 Å². The molecule has 4 rings (SSSR count). The summed E-state index contributed by atoms with van der Waals surface area (Å²) in [5.74, 6) is -1.17. The number of rotatable bonds is 14. The van der Waals surface area contributed by atoms with E-state index in [1.165, 1.54) is 6.33 Å². The minimum atomic E-state index is -4.04. The summed E-state index contributed by atoms with van der Waals surface area (Å²) in [5.41, 5.74) is 6.29. The maximum Gasteiger partial charge on any atom is 0.434 e. The smallest absolute Gasteiger partial charge is 0.434 e. The van der Waals surface area contributed by atoms with E-state index in [-0.39, 0.29) is 25.5 Å². The van der Waals surface area contributed by atoms with E-state index in [0.29, 0.717) is 24.1 Å². The third kappa shape index (κ3) is 8.86. The number of hydrogen-bond donors (Lipinski definition) is 3. The zero-order valence-electron chi connectivity index (χ0n) is 26.1. The van der Waals surface area contributed by atoms with Crippen molar-refractivity contribution < 1.29 is 42.1 Å². The number of carbonyl (C=O) groups is 2. The molecule has 5 atom stereocenters. The molecule has 2 aliphatic heterocycles. The molecule has 0 aromatic carbocycles. The van der Waals surface area contributed by atoms with Crippen molar-refractivity contribution in [3.05, 3.63) is 12.7 Å². The van der Waals surface area contributed by atoms with Gasteiger partial charge in [0.15, 0.2) is 23.5 Å². The van der Waals surface area contributed by atoms with Crippen molar-refractivity contribution in [1.82, 2.24) is 29.9 Å². The van der Waals surface area contributed by atoms with E-state index >= 15 is 0 Å².